The number of nitrogens with zero attached hydrogens (tertiary/aromatic N) is 5. The molecule has 0 unspecified atom stereocenters. The number of amides is 3. The molecule has 0 atom stereocenters. The number of aromatic nitrogens is 4. The zero-order chi connectivity index (χ0) is 33.6. The van der Waals surface area contributed by atoms with E-state index in [1.54, 1.807) is 22.6 Å². The molecule has 4 aromatic rings. The number of halogens is 1. The molecule has 2 aromatic heterocycles. The molecule has 3 amide bonds. The highest BCUT2D eigenvalue weighted by Gasteiger charge is 2.30. The van der Waals surface area contributed by atoms with Gasteiger partial charge in [-0.25, -0.2) is 14.8 Å². The zero-order valence-electron chi connectivity index (χ0n) is 27.5. The molecule has 3 N–H and O–H groups in total. The summed E-state index contributed by atoms with van der Waals surface area (Å²) in [5, 5.41) is 9.60. The lowest BCUT2D eigenvalue weighted by Crippen LogP contribution is -2.40. The highest BCUT2D eigenvalue weighted by Crippen LogP contribution is 2.38. The molecule has 2 aromatic carbocycles. The van der Waals surface area contributed by atoms with E-state index in [2.05, 4.69) is 25.9 Å². The van der Waals surface area contributed by atoms with Gasteiger partial charge in [0.15, 0.2) is 11.6 Å². The van der Waals surface area contributed by atoms with Crippen LogP contribution in [-0.2, 0) is 44.8 Å². The molecule has 12 nitrogen and oxygen atoms in total. The summed E-state index contributed by atoms with van der Waals surface area (Å²) in [4.78, 5) is 50.3. The van der Waals surface area contributed by atoms with E-state index in [4.69, 9.17) is 16.3 Å². The lowest BCUT2D eigenvalue weighted by atomic mass is 9.98. The van der Waals surface area contributed by atoms with E-state index >= 15 is 0 Å². The molecule has 0 saturated carbocycles. The van der Waals surface area contributed by atoms with Gasteiger partial charge in [0.05, 0.1) is 28.6 Å². The molecule has 0 fully saturated rings. The van der Waals surface area contributed by atoms with E-state index in [0.717, 1.165) is 41.2 Å². The number of carbonyl (C=O) groups is 3. The number of rotatable bonds is 5. The summed E-state index contributed by atoms with van der Waals surface area (Å²) in [6, 6.07) is 11.0. The van der Waals surface area contributed by atoms with Gasteiger partial charge in [0.25, 0.3) is 11.8 Å². The minimum absolute atomic E-state index is 0.218. The molecular formula is C34H39ClN8O4. The van der Waals surface area contributed by atoms with Crippen molar-refractivity contribution in [3.05, 3.63) is 81.4 Å². The second-order valence-corrected chi connectivity index (χ2v) is 13.3. The van der Waals surface area contributed by atoms with Gasteiger partial charge >= 0.3 is 6.09 Å². The standard InChI is InChI=1S/C34H39ClN8O4/c1-19-20(9-7-11-22(19)39-31(44)29-37-24-17-36-15-13-26(24)41(29)5)21-10-8-12-23(28(21)35)40-32(45)30-38-25-18-43(16-14-27(25)42(30)6)33(46)47-34(2,3)4/h7-12,36H,13-18H2,1-6H3,(H,39,44)(H,40,45). The Balaban J connectivity index is 1.20. The number of fused-ring (bicyclic) bond motifs is 2. The van der Waals surface area contributed by atoms with Crippen LogP contribution in [0.25, 0.3) is 11.1 Å². The Bertz CT molecular complexity index is 1900. The number of anilines is 2. The summed E-state index contributed by atoms with van der Waals surface area (Å²) < 4.78 is 9.15. The van der Waals surface area contributed by atoms with Crippen molar-refractivity contribution >= 4 is 40.9 Å². The molecule has 6 rings (SSSR count). The number of imidazole rings is 2. The summed E-state index contributed by atoms with van der Waals surface area (Å²) in [7, 11) is 3.66. The Morgan fingerprint density at radius 3 is 2.13 bits per heavy atom. The second kappa shape index (κ2) is 12.5. The molecule has 2 aliphatic rings. The smallest absolute Gasteiger partial charge is 0.410 e. The van der Waals surface area contributed by atoms with E-state index in [9.17, 15) is 14.4 Å². The first-order valence-corrected chi connectivity index (χ1v) is 16.0. The van der Waals surface area contributed by atoms with Gasteiger partial charge in [0, 0.05) is 69.2 Å². The average molecular weight is 659 g/mol. The Morgan fingerprint density at radius 1 is 0.872 bits per heavy atom. The van der Waals surface area contributed by atoms with Crippen LogP contribution in [0.5, 0.6) is 0 Å². The Morgan fingerprint density at radius 2 is 1.47 bits per heavy atom. The number of benzene rings is 2. The van der Waals surface area contributed by atoms with E-state index < -0.39 is 17.6 Å². The van der Waals surface area contributed by atoms with E-state index in [-0.39, 0.29) is 18.3 Å². The van der Waals surface area contributed by atoms with Crippen LogP contribution in [0.3, 0.4) is 0 Å². The van der Waals surface area contributed by atoms with Crippen molar-refractivity contribution in [2.75, 3.05) is 23.7 Å². The van der Waals surface area contributed by atoms with Gasteiger partial charge in [-0.15, -0.1) is 0 Å². The molecule has 2 aliphatic heterocycles. The molecular weight excluding hydrogens is 620 g/mol. The predicted molar refractivity (Wildman–Crippen MR) is 180 cm³/mol. The van der Waals surface area contributed by atoms with Crippen molar-refractivity contribution in [3.63, 3.8) is 0 Å². The number of hydrogen-bond donors (Lipinski definition) is 3. The largest absolute Gasteiger partial charge is 0.444 e. The molecule has 47 heavy (non-hydrogen) atoms. The van der Waals surface area contributed by atoms with Gasteiger partial charge < -0.3 is 34.7 Å². The fraction of sp³-hybridized carbons (Fsp3) is 0.382. The molecule has 0 spiro atoms. The third kappa shape index (κ3) is 6.35. The summed E-state index contributed by atoms with van der Waals surface area (Å²) in [6.45, 7) is 9.62. The lowest BCUT2D eigenvalue weighted by Gasteiger charge is -2.29. The first-order valence-electron chi connectivity index (χ1n) is 15.6. The molecule has 0 saturated heterocycles. The van der Waals surface area contributed by atoms with Gasteiger partial charge in [-0.3, -0.25) is 9.59 Å². The Kier molecular flexibility index (Phi) is 8.58. The highest BCUT2D eigenvalue weighted by atomic mass is 35.5. The summed E-state index contributed by atoms with van der Waals surface area (Å²) in [6.07, 6.45) is 0.962. The quantitative estimate of drug-likeness (QED) is 0.267. The SMILES string of the molecule is Cc1c(NC(=O)c2nc3c(n2C)CCNC3)cccc1-c1cccc(NC(=O)c2nc3c(n2C)CCN(C(=O)OC(C)(C)C)C3)c1Cl. The fourth-order valence-electron chi connectivity index (χ4n) is 6.13. The van der Waals surface area contributed by atoms with Crippen LogP contribution in [-0.4, -0.2) is 60.6 Å². The normalized spacial score (nSPS) is 14.3. The molecule has 13 heteroatoms. The van der Waals surface area contributed by atoms with Crippen LogP contribution >= 0.6 is 11.6 Å². The maximum Gasteiger partial charge on any atom is 0.410 e. The van der Waals surface area contributed by atoms with Crippen LogP contribution < -0.4 is 16.0 Å². The van der Waals surface area contributed by atoms with Crippen LogP contribution in [0, 0.1) is 6.92 Å². The van der Waals surface area contributed by atoms with Crippen molar-refractivity contribution in [1.29, 1.82) is 0 Å². The van der Waals surface area contributed by atoms with Crippen molar-refractivity contribution in [3.8, 4) is 11.1 Å². The summed E-state index contributed by atoms with van der Waals surface area (Å²) >= 11 is 6.92. The zero-order valence-corrected chi connectivity index (χ0v) is 28.2. The van der Waals surface area contributed by atoms with Gasteiger partial charge in [-0.2, -0.15) is 0 Å². The summed E-state index contributed by atoms with van der Waals surface area (Å²) in [5.41, 5.74) is 6.29. The number of hydrogen-bond acceptors (Lipinski definition) is 7. The molecule has 0 bridgehead atoms. The van der Waals surface area contributed by atoms with E-state index in [1.165, 1.54) is 0 Å². The molecule has 0 radical (unpaired) electrons. The first-order chi connectivity index (χ1) is 22.3. The maximum atomic E-state index is 13.5. The summed E-state index contributed by atoms with van der Waals surface area (Å²) in [5.74, 6) is -0.133. The topological polar surface area (TPSA) is 135 Å². The van der Waals surface area contributed by atoms with Crippen molar-refractivity contribution in [1.82, 2.24) is 29.3 Å². The van der Waals surface area contributed by atoms with Gasteiger partial charge in [0.1, 0.15) is 5.60 Å². The van der Waals surface area contributed by atoms with Gasteiger partial charge in [-0.1, -0.05) is 35.9 Å². The van der Waals surface area contributed by atoms with Crippen LogP contribution in [0.2, 0.25) is 5.02 Å². The first kappa shape index (κ1) is 32.3. The second-order valence-electron chi connectivity index (χ2n) is 12.9. The van der Waals surface area contributed by atoms with Crippen molar-refractivity contribution in [2.24, 2.45) is 14.1 Å². The average Bonchev–Trinajstić information content (AvgIpc) is 3.55. The van der Waals surface area contributed by atoms with E-state index in [0.29, 0.717) is 53.0 Å². The Hall–Kier alpha value is -4.68. The van der Waals surface area contributed by atoms with Crippen LogP contribution in [0.4, 0.5) is 16.2 Å². The number of carbonyl (C=O) groups excluding carboxylic acids is 3. The van der Waals surface area contributed by atoms with Crippen molar-refractivity contribution in [2.45, 2.75) is 59.2 Å². The lowest BCUT2D eigenvalue weighted by molar-refractivity contribution is 0.0220. The monoisotopic (exact) mass is 658 g/mol. The maximum absolute atomic E-state index is 13.5. The third-order valence-corrected chi connectivity index (χ3v) is 8.97. The van der Waals surface area contributed by atoms with Crippen molar-refractivity contribution < 1.29 is 19.1 Å². The highest BCUT2D eigenvalue weighted by molar-refractivity contribution is 6.36. The number of nitrogens with one attached hydrogen (secondary N) is 3. The molecule has 4 heterocycles. The third-order valence-electron chi connectivity index (χ3n) is 8.56. The van der Waals surface area contributed by atoms with E-state index in [1.807, 2.05) is 69.6 Å². The Labute approximate surface area is 278 Å². The predicted octanol–water partition coefficient (Wildman–Crippen LogP) is 5.23. The molecule has 0 aliphatic carbocycles. The van der Waals surface area contributed by atoms with Gasteiger partial charge in [0.2, 0.25) is 0 Å². The molecule has 246 valence electrons. The minimum Gasteiger partial charge on any atom is -0.444 e. The number of ether oxygens (including phenoxy) is 1. The minimum atomic E-state index is -0.606. The van der Waals surface area contributed by atoms with Crippen LogP contribution in [0.15, 0.2) is 36.4 Å². The van der Waals surface area contributed by atoms with Gasteiger partial charge in [-0.05, 0) is 51.0 Å². The van der Waals surface area contributed by atoms with Crippen LogP contribution in [0.1, 0.15) is 70.3 Å². The fourth-order valence-corrected chi connectivity index (χ4v) is 6.40.